The fourth-order valence-corrected chi connectivity index (χ4v) is 4.51. The van der Waals surface area contributed by atoms with Gasteiger partial charge in [0.2, 0.25) is 0 Å². The largest absolute Gasteiger partial charge is 0.507 e. The molecule has 5 rings (SSSR count). The standard InChI is InChI=1S/C29H27NO6/c1-2-13-34-22-10-6-9-20(16-22)26-25(27(31)21-11-12-23-24(17-21)36-15-14-35-23)28(32)29(33)30(26)18-19-7-4-3-5-8-19/h3-12,16-17,26,31H,2,13-15,18H2,1H3. The lowest BCUT2D eigenvalue weighted by Crippen LogP contribution is -2.29. The maximum Gasteiger partial charge on any atom is 0.295 e. The lowest BCUT2D eigenvalue weighted by Gasteiger charge is -2.26. The molecule has 1 atom stereocenters. The lowest BCUT2D eigenvalue weighted by molar-refractivity contribution is -0.140. The first-order valence-corrected chi connectivity index (χ1v) is 12.0. The number of likely N-dealkylation sites (tertiary alicyclic amines) is 1. The number of carbonyl (C=O) groups excluding carboxylic acids is 2. The minimum absolute atomic E-state index is 0.0280. The van der Waals surface area contributed by atoms with Gasteiger partial charge in [-0.1, -0.05) is 49.4 Å². The van der Waals surface area contributed by atoms with E-state index in [0.717, 1.165) is 12.0 Å². The summed E-state index contributed by atoms with van der Waals surface area (Å²) in [6, 6.07) is 21.0. The van der Waals surface area contributed by atoms with E-state index in [1.54, 1.807) is 18.2 Å². The van der Waals surface area contributed by atoms with Crippen LogP contribution < -0.4 is 14.2 Å². The maximum absolute atomic E-state index is 13.4. The van der Waals surface area contributed by atoms with Crippen LogP contribution in [-0.4, -0.2) is 41.5 Å². The van der Waals surface area contributed by atoms with Crippen molar-refractivity contribution in [2.24, 2.45) is 0 Å². The molecule has 7 heteroatoms. The second-order valence-corrected chi connectivity index (χ2v) is 8.69. The van der Waals surface area contributed by atoms with Crippen molar-refractivity contribution >= 4 is 17.4 Å². The average molecular weight is 486 g/mol. The summed E-state index contributed by atoms with van der Waals surface area (Å²) in [7, 11) is 0. The first-order chi connectivity index (χ1) is 17.6. The molecule has 1 N–H and O–H groups in total. The number of fused-ring (bicyclic) bond motifs is 1. The number of benzene rings is 3. The van der Waals surface area contributed by atoms with E-state index < -0.39 is 17.7 Å². The monoisotopic (exact) mass is 485 g/mol. The minimum Gasteiger partial charge on any atom is -0.507 e. The highest BCUT2D eigenvalue weighted by Gasteiger charge is 2.46. The number of Topliss-reactive ketones (excluding diaryl/α,β-unsaturated/α-hetero) is 1. The molecule has 0 aromatic heterocycles. The van der Waals surface area contributed by atoms with Crippen LogP contribution >= 0.6 is 0 Å². The normalized spacial score (nSPS) is 18.4. The molecule has 1 unspecified atom stereocenters. The summed E-state index contributed by atoms with van der Waals surface area (Å²) < 4.78 is 17.0. The molecule has 1 fully saturated rings. The van der Waals surface area contributed by atoms with Gasteiger partial charge in [-0.15, -0.1) is 0 Å². The predicted molar refractivity (Wildman–Crippen MR) is 134 cm³/mol. The van der Waals surface area contributed by atoms with Gasteiger partial charge in [0.05, 0.1) is 18.2 Å². The van der Waals surface area contributed by atoms with Crippen LogP contribution in [0.25, 0.3) is 5.76 Å². The van der Waals surface area contributed by atoms with Crippen LogP contribution in [0.1, 0.15) is 36.1 Å². The number of carbonyl (C=O) groups is 2. The summed E-state index contributed by atoms with van der Waals surface area (Å²) >= 11 is 0. The first kappa shape index (κ1) is 23.5. The van der Waals surface area contributed by atoms with Crippen LogP contribution in [0.3, 0.4) is 0 Å². The predicted octanol–water partition coefficient (Wildman–Crippen LogP) is 4.87. The van der Waals surface area contributed by atoms with Gasteiger partial charge >= 0.3 is 0 Å². The summed E-state index contributed by atoms with van der Waals surface area (Å²) in [5, 5.41) is 11.4. The molecule has 2 heterocycles. The Morgan fingerprint density at radius 2 is 1.75 bits per heavy atom. The van der Waals surface area contributed by atoms with Crippen LogP contribution in [0, 0.1) is 0 Å². The summed E-state index contributed by atoms with van der Waals surface area (Å²) in [5.41, 5.74) is 1.96. The van der Waals surface area contributed by atoms with Gasteiger partial charge in [-0.25, -0.2) is 0 Å². The van der Waals surface area contributed by atoms with Crippen molar-refractivity contribution in [1.29, 1.82) is 0 Å². The number of ketones is 1. The Kier molecular flexibility index (Phi) is 6.62. The zero-order valence-electron chi connectivity index (χ0n) is 20.0. The van der Waals surface area contributed by atoms with E-state index in [9.17, 15) is 14.7 Å². The minimum atomic E-state index is -0.788. The molecular weight excluding hydrogens is 458 g/mol. The zero-order valence-corrected chi connectivity index (χ0v) is 20.0. The molecule has 36 heavy (non-hydrogen) atoms. The summed E-state index contributed by atoms with van der Waals surface area (Å²) in [6.45, 7) is 3.62. The van der Waals surface area contributed by atoms with Crippen molar-refractivity contribution in [3.63, 3.8) is 0 Å². The molecule has 0 saturated carbocycles. The third-order valence-corrected chi connectivity index (χ3v) is 6.20. The Hall–Kier alpha value is -4.26. The molecular formula is C29H27NO6. The van der Waals surface area contributed by atoms with E-state index in [1.807, 2.05) is 61.5 Å². The molecule has 1 amide bonds. The highest BCUT2D eigenvalue weighted by Crippen LogP contribution is 2.42. The number of hydrogen-bond acceptors (Lipinski definition) is 6. The molecule has 0 bridgehead atoms. The number of ether oxygens (including phenoxy) is 3. The highest BCUT2D eigenvalue weighted by atomic mass is 16.6. The Morgan fingerprint density at radius 3 is 2.53 bits per heavy atom. The van der Waals surface area contributed by atoms with Crippen molar-refractivity contribution in [2.45, 2.75) is 25.9 Å². The van der Waals surface area contributed by atoms with Gasteiger partial charge in [0.1, 0.15) is 24.7 Å². The third kappa shape index (κ3) is 4.52. The fourth-order valence-electron chi connectivity index (χ4n) is 4.51. The molecule has 0 aliphatic carbocycles. The second kappa shape index (κ2) is 10.2. The number of amides is 1. The van der Waals surface area contributed by atoms with Crippen molar-refractivity contribution in [3.05, 3.63) is 95.1 Å². The summed E-state index contributed by atoms with van der Waals surface area (Å²) in [4.78, 5) is 28.1. The fraction of sp³-hybridized carbons (Fsp3) is 0.241. The van der Waals surface area contributed by atoms with Crippen molar-refractivity contribution in [1.82, 2.24) is 4.90 Å². The Labute approximate surface area is 209 Å². The Bertz CT molecular complexity index is 1320. The average Bonchev–Trinajstić information content (AvgIpc) is 3.17. The highest BCUT2D eigenvalue weighted by molar-refractivity contribution is 6.46. The van der Waals surface area contributed by atoms with Crippen molar-refractivity contribution in [2.75, 3.05) is 19.8 Å². The van der Waals surface area contributed by atoms with E-state index in [0.29, 0.717) is 48.2 Å². The third-order valence-electron chi connectivity index (χ3n) is 6.20. The van der Waals surface area contributed by atoms with Crippen molar-refractivity contribution < 1.29 is 28.9 Å². The van der Waals surface area contributed by atoms with Gasteiger partial charge in [0.15, 0.2) is 11.5 Å². The molecule has 0 spiro atoms. The molecule has 2 aliphatic heterocycles. The molecule has 3 aromatic carbocycles. The Morgan fingerprint density at radius 1 is 0.972 bits per heavy atom. The zero-order chi connectivity index (χ0) is 25.1. The van der Waals surface area contributed by atoms with E-state index in [1.165, 1.54) is 4.90 Å². The number of hydrogen-bond donors (Lipinski definition) is 1. The summed E-state index contributed by atoms with van der Waals surface area (Å²) in [6.07, 6.45) is 0.848. The number of nitrogens with zero attached hydrogens (tertiary/aromatic N) is 1. The number of rotatable bonds is 7. The van der Waals surface area contributed by atoms with Crippen LogP contribution in [0.2, 0.25) is 0 Å². The van der Waals surface area contributed by atoms with Gasteiger partial charge < -0.3 is 24.2 Å². The topological polar surface area (TPSA) is 85.3 Å². The maximum atomic E-state index is 13.4. The molecule has 7 nitrogen and oxygen atoms in total. The van der Waals surface area contributed by atoms with Gasteiger partial charge in [-0.3, -0.25) is 9.59 Å². The van der Waals surface area contributed by atoms with Crippen molar-refractivity contribution in [3.8, 4) is 17.2 Å². The molecule has 1 saturated heterocycles. The molecule has 2 aliphatic rings. The molecule has 184 valence electrons. The summed E-state index contributed by atoms with van der Waals surface area (Å²) in [5.74, 6) is 0.0331. The van der Waals surface area contributed by atoms with Crippen LogP contribution in [0.15, 0.2) is 78.4 Å². The van der Waals surface area contributed by atoms with Crippen LogP contribution in [0.4, 0.5) is 0 Å². The van der Waals surface area contributed by atoms with Gasteiger partial charge in [-0.2, -0.15) is 0 Å². The SMILES string of the molecule is CCCOc1cccc(C2C(=C(O)c3ccc4c(c3)OCCO4)C(=O)C(=O)N2Cc2ccccc2)c1. The van der Waals surface area contributed by atoms with Crippen LogP contribution in [0.5, 0.6) is 17.2 Å². The van der Waals surface area contributed by atoms with Gasteiger partial charge in [0.25, 0.3) is 11.7 Å². The Balaban J connectivity index is 1.62. The van der Waals surface area contributed by atoms with Gasteiger partial charge in [-0.05, 0) is 47.9 Å². The lowest BCUT2D eigenvalue weighted by atomic mass is 9.94. The second-order valence-electron chi connectivity index (χ2n) is 8.69. The smallest absolute Gasteiger partial charge is 0.295 e. The van der Waals surface area contributed by atoms with Crippen LogP contribution in [-0.2, 0) is 16.1 Å². The first-order valence-electron chi connectivity index (χ1n) is 12.0. The number of aliphatic hydroxyl groups excluding tert-OH is 1. The number of aliphatic hydroxyl groups is 1. The molecule has 3 aromatic rings. The van der Waals surface area contributed by atoms with E-state index >= 15 is 0 Å². The van der Waals surface area contributed by atoms with Gasteiger partial charge in [0, 0.05) is 12.1 Å². The van der Waals surface area contributed by atoms with E-state index in [-0.39, 0.29) is 17.9 Å². The van der Waals surface area contributed by atoms with E-state index in [4.69, 9.17) is 14.2 Å². The van der Waals surface area contributed by atoms with E-state index in [2.05, 4.69) is 0 Å². The quantitative estimate of drug-likeness (QED) is 0.292. The molecule has 0 radical (unpaired) electrons.